The van der Waals surface area contributed by atoms with Crippen molar-refractivity contribution in [2.45, 2.75) is 19.9 Å². The monoisotopic (exact) mass is 305 g/mol. The summed E-state index contributed by atoms with van der Waals surface area (Å²) < 4.78 is 1.72. The van der Waals surface area contributed by atoms with Crippen LogP contribution in [0.15, 0.2) is 65.6 Å². The van der Waals surface area contributed by atoms with Gasteiger partial charge in [0.05, 0.1) is 5.69 Å². The zero-order valence-corrected chi connectivity index (χ0v) is 13.2. The molecule has 0 radical (unpaired) electrons. The number of rotatable bonds is 3. The Labute approximate surface area is 135 Å². The molecule has 1 aromatic carbocycles. The molecule has 0 atom stereocenters. The van der Waals surface area contributed by atoms with Gasteiger partial charge in [-0.1, -0.05) is 30.3 Å². The highest BCUT2D eigenvalue weighted by atomic mass is 16.1. The summed E-state index contributed by atoms with van der Waals surface area (Å²) in [5.74, 6) is 0.477. The first kappa shape index (κ1) is 15.0. The molecule has 2 heterocycles. The lowest BCUT2D eigenvalue weighted by molar-refractivity contribution is 0.579. The van der Waals surface area contributed by atoms with Crippen LogP contribution >= 0.6 is 0 Å². The Morgan fingerprint density at radius 1 is 0.957 bits per heavy atom. The summed E-state index contributed by atoms with van der Waals surface area (Å²) in [5, 5.41) is 0. The van der Waals surface area contributed by atoms with Crippen LogP contribution in [-0.2, 0) is 0 Å². The molecule has 0 unspecified atom stereocenters. The Bertz CT molecular complexity index is 883. The second-order valence-electron chi connectivity index (χ2n) is 5.76. The summed E-state index contributed by atoms with van der Waals surface area (Å²) >= 11 is 0. The normalized spacial score (nSPS) is 10.9. The first-order valence-electron chi connectivity index (χ1n) is 7.61. The fourth-order valence-electron chi connectivity index (χ4n) is 2.59. The van der Waals surface area contributed by atoms with E-state index >= 15 is 0 Å². The largest absolute Gasteiger partial charge is 0.384 e. The van der Waals surface area contributed by atoms with Crippen molar-refractivity contribution < 1.29 is 0 Å². The van der Waals surface area contributed by atoms with E-state index in [0.717, 1.165) is 22.4 Å². The van der Waals surface area contributed by atoms with Crippen molar-refractivity contribution in [1.82, 2.24) is 9.55 Å². The smallest absolute Gasteiger partial charge is 0.250 e. The van der Waals surface area contributed by atoms with Crippen LogP contribution < -0.4 is 11.3 Å². The molecule has 23 heavy (non-hydrogen) atoms. The minimum absolute atomic E-state index is 0.00610. The molecule has 0 fully saturated rings. The van der Waals surface area contributed by atoms with Gasteiger partial charge in [-0.25, -0.2) is 4.98 Å². The van der Waals surface area contributed by atoms with Gasteiger partial charge in [0.2, 0.25) is 0 Å². The highest BCUT2D eigenvalue weighted by molar-refractivity contribution is 5.81. The van der Waals surface area contributed by atoms with Crippen molar-refractivity contribution in [1.29, 1.82) is 0 Å². The molecule has 0 saturated heterocycles. The van der Waals surface area contributed by atoms with Crippen LogP contribution in [0.1, 0.15) is 19.9 Å². The van der Waals surface area contributed by atoms with Gasteiger partial charge in [-0.05, 0) is 32.0 Å². The van der Waals surface area contributed by atoms with E-state index in [0.29, 0.717) is 5.82 Å². The first-order valence-corrected chi connectivity index (χ1v) is 7.61. The standard InChI is InChI=1S/C19H19N3O/c1-13(2)22-12-15(8-11-18(22)23)16-9-10-17(20)21-19(16)14-6-4-3-5-7-14/h3-13H,1-2H3,(H2,20,21). The molecule has 4 nitrogen and oxygen atoms in total. The van der Waals surface area contributed by atoms with E-state index in [9.17, 15) is 4.79 Å². The zero-order chi connectivity index (χ0) is 16.4. The first-order chi connectivity index (χ1) is 11.1. The average molecular weight is 305 g/mol. The van der Waals surface area contributed by atoms with Crippen molar-refractivity contribution in [3.05, 3.63) is 71.1 Å². The molecule has 116 valence electrons. The second-order valence-corrected chi connectivity index (χ2v) is 5.76. The lowest BCUT2D eigenvalue weighted by atomic mass is 10.0. The van der Waals surface area contributed by atoms with E-state index in [1.807, 2.05) is 62.5 Å². The quantitative estimate of drug-likeness (QED) is 0.802. The van der Waals surface area contributed by atoms with E-state index in [1.165, 1.54) is 0 Å². The van der Waals surface area contributed by atoms with Crippen molar-refractivity contribution in [3.8, 4) is 22.4 Å². The van der Waals surface area contributed by atoms with E-state index in [-0.39, 0.29) is 11.6 Å². The maximum Gasteiger partial charge on any atom is 0.250 e. The Kier molecular flexibility index (Phi) is 3.98. The Morgan fingerprint density at radius 2 is 1.70 bits per heavy atom. The molecule has 3 aromatic rings. The molecule has 0 aliphatic carbocycles. The third-order valence-electron chi connectivity index (χ3n) is 3.77. The Hall–Kier alpha value is -2.88. The third-order valence-corrected chi connectivity index (χ3v) is 3.77. The third kappa shape index (κ3) is 3.01. The zero-order valence-electron chi connectivity index (χ0n) is 13.2. The lowest BCUT2D eigenvalue weighted by Crippen LogP contribution is -2.20. The molecule has 4 heteroatoms. The molecule has 0 bridgehead atoms. The molecule has 0 aliphatic rings. The molecule has 3 rings (SSSR count). The highest BCUT2D eigenvalue weighted by Gasteiger charge is 2.11. The molecule has 2 N–H and O–H groups in total. The van der Waals surface area contributed by atoms with E-state index in [1.54, 1.807) is 16.7 Å². The number of aromatic nitrogens is 2. The second kappa shape index (κ2) is 6.08. The number of anilines is 1. The van der Waals surface area contributed by atoms with Crippen molar-refractivity contribution in [3.63, 3.8) is 0 Å². The predicted molar refractivity (Wildman–Crippen MR) is 94.2 cm³/mol. The minimum atomic E-state index is -0.00610. The fraction of sp³-hybridized carbons (Fsp3) is 0.158. The summed E-state index contributed by atoms with van der Waals surface area (Å²) in [4.78, 5) is 16.5. The van der Waals surface area contributed by atoms with Crippen LogP contribution in [0.2, 0.25) is 0 Å². The number of benzene rings is 1. The molecule has 2 aromatic heterocycles. The predicted octanol–water partition coefficient (Wildman–Crippen LogP) is 3.74. The fourth-order valence-corrected chi connectivity index (χ4v) is 2.59. The summed E-state index contributed by atoms with van der Waals surface area (Å²) in [7, 11) is 0. The van der Waals surface area contributed by atoms with Crippen LogP contribution in [0.25, 0.3) is 22.4 Å². The maximum atomic E-state index is 12.0. The van der Waals surface area contributed by atoms with Crippen molar-refractivity contribution in [2.75, 3.05) is 5.73 Å². The van der Waals surface area contributed by atoms with Gasteiger partial charge < -0.3 is 10.3 Å². The van der Waals surface area contributed by atoms with Crippen molar-refractivity contribution in [2.24, 2.45) is 0 Å². The molecule has 0 aliphatic heterocycles. The maximum absolute atomic E-state index is 12.0. The van der Waals surface area contributed by atoms with Gasteiger partial charge in [0.15, 0.2) is 0 Å². The highest BCUT2D eigenvalue weighted by Crippen LogP contribution is 2.31. The molecule has 0 saturated carbocycles. The summed E-state index contributed by atoms with van der Waals surface area (Å²) in [6, 6.07) is 17.2. The van der Waals surface area contributed by atoms with E-state index in [2.05, 4.69) is 4.98 Å². The van der Waals surface area contributed by atoms with Gasteiger partial charge >= 0.3 is 0 Å². The van der Waals surface area contributed by atoms with Gasteiger partial charge in [0, 0.05) is 35.0 Å². The number of hydrogen-bond donors (Lipinski definition) is 1. The van der Waals surface area contributed by atoms with Gasteiger partial charge in [0.1, 0.15) is 5.82 Å². The SMILES string of the molecule is CC(C)n1cc(-c2ccc(N)nc2-c2ccccc2)ccc1=O. The number of nitrogens with two attached hydrogens (primary N) is 1. The number of pyridine rings is 2. The molecule has 0 amide bonds. The van der Waals surface area contributed by atoms with Crippen molar-refractivity contribution >= 4 is 5.82 Å². The van der Waals surface area contributed by atoms with Gasteiger partial charge in [-0.2, -0.15) is 0 Å². The van der Waals surface area contributed by atoms with Crippen LogP contribution in [0.3, 0.4) is 0 Å². The van der Waals surface area contributed by atoms with Crippen LogP contribution in [0, 0.1) is 0 Å². The van der Waals surface area contributed by atoms with Crippen LogP contribution in [-0.4, -0.2) is 9.55 Å². The van der Waals surface area contributed by atoms with E-state index < -0.39 is 0 Å². The summed E-state index contributed by atoms with van der Waals surface area (Å²) in [5.41, 5.74) is 9.60. The lowest BCUT2D eigenvalue weighted by Gasteiger charge is -2.14. The Morgan fingerprint density at radius 3 is 2.39 bits per heavy atom. The average Bonchev–Trinajstić information content (AvgIpc) is 2.56. The summed E-state index contributed by atoms with van der Waals surface area (Å²) in [6.07, 6.45) is 1.88. The summed E-state index contributed by atoms with van der Waals surface area (Å²) in [6.45, 7) is 3.98. The van der Waals surface area contributed by atoms with Crippen LogP contribution in [0.5, 0.6) is 0 Å². The molecule has 0 spiro atoms. The number of nitrogen functional groups attached to an aromatic ring is 1. The van der Waals surface area contributed by atoms with Crippen LogP contribution in [0.4, 0.5) is 5.82 Å². The Balaban J connectivity index is 2.22. The number of hydrogen-bond acceptors (Lipinski definition) is 3. The number of nitrogens with zero attached hydrogens (tertiary/aromatic N) is 2. The van der Waals surface area contributed by atoms with E-state index in [4.69, 9.17) is 5.73 Å². The topological polar surface area (TPSA) is 60.9 Å². The van der Waals surface area contributed by atoms with Gasteiger partial charge in [0.25, 0.3) is 5.56 Å². The van der Waals surface area contributed by atoms with Gasteiger partial charge in [-0.3, -0.25) is 4.79 Å². The van der Waals surface area contributed by atoms with Gasteiger partial charge in [-0.15, -0.1) is 0 Å². The minimum Gasteiger partial charge on any atom is -0.384 e. The molecular formula is C19H19N3O. The molecular weight excluding hydrogens is 286 g/mol.